The Morgan fingerprint density at radius 1 is 1.40 bits per heavy atom. The molecule has 3 nitrogen and oxygen atoms in total. The quantitative estimate of drug-likeness (QED) is 0.758. The van der Waals surface area contributed by atoms with E-state index in [1.54, 1.807) is 0 Å². The summed E-state index contributed by atoms with van der Waals surface area (Å²) in [5, 5.41) is 2.05. The predicted octanol–water partition coefficient (Wildman–Crippen LogP) is 1.37. The standard InChI is InChI=1S/C8H9F4N3/c9-5-1-6(10)7(14-2-5)15-4-8(11,12)3-13/h1-2H,3-4,13H2,(H,14,15). The van der Waals surface area contributed by atoms with Gasteiger partial charge in [0.1, 0.15) is 5.82 Å². The average Bonchev–Trinajstić information content (AvgIpc) is 2.16. The molecule has 7 heteroatoms. The highest BCUT2D eigenvalue weighted by Gasteiger charge is 2.26. The molecular weight excluding hydrogens is 214 g/mol. The molecule has 0 atom stereocenters. The Labute approximate surface area is 83.3 Å². The number of nitrogens with zero attached hydrogens (tertiary/aromatic N) is 1. The van der Waals surface area contributed by atoms with E-state index in [9.17, 15) is 17.6 Å². The molecule has 0 aromatic carbocycles. The monoisotopic (exact) mass is 223 g/mol. The zero-order chi connectivity index (χ0) is 11.5. The van der Waals surface area contributed by atoms with Crippen LogP contribution in [0.15, 0.2) is 12.3 Å². The van der Waals surface area contributed by atoms with Crippen LogP contribution >= 0.6 is 0 Å². The fraction of sp³-hybridized carbons (Fsp3) is 0.375. The van der Waals surface area contributed by atoms with Crippen LogP contribution in [0, 0.1) is 11.6 Å². The third-order valence-corrected chi connectivity index (χ3v) is 1.62. The fourth-order valence-electron chi connectivity index (χ4n) is 0.830. The van der Waals surface area contributed by atoms with Gasteiger partial charge in [-0.05, 0) is 0 Å². The van der Waals surface area contributed by atoms with Crippen LogP contribution in [0.2, 0.25) is 0 Å². The van der Waals surface area contributed by atoms with Gasteiger partial charge in [0.05, 0.1) is 19.3 Å². The van der Waals surface area contributed by atoms with E-state index in [0.717, 1.165) is 6.20 Å². The first-order valence-electron chi connectivity index (χ1n) is 4.07. The summed E-state index contributed by atoms with van der Waals surface area (Å²) >= 11 is 0. The maximum atomic E-state index is 12.9. The minimum atomic E-state index is -3.15. The maximum absolute atomic E-state index is 12.9. The van der Waals surface area contributed by atoms with Crippen LogP contribution in [0.4, 0.5) is 23.4 Å². The first-order valence-corrected chi connectivity index (χ1v) is 4.07. The van der Waals surface area contributed by atoms with E-state index >= 15 is 0 Å². The van der Waals surface area contributed by atoms with Crippen molar-refractivity contribution in [3.8, 4) is 0 Å². The number of pyridine rings is 1. The van der Waals surface area contributed by atoms with Gasteiger partial charge in [-0.3, -0.25) is 0 Å². The van der Waals surface area contributed by atoms with Gasteiger partial charge in [-0.2, -0.15) is 0 Å². The van der Waals surface area contributed by atoms with Gasteiger partial charge < -0.3 is 11.1 Å². The van der Waals surface area contributed by atoms with Crippen molar-refractivity contribution in [2.75, 3.05) is 18.4 Å². The Kier molecular flexibility index (Phi) is 3.46. The zero-order valence-electron chi connectivity index (χ0n) is 7.61. The van der Waals surface area contributed by atoms with E-state index in [0.29, 0.717) is 6.07 Å². The predicted molar refractivity (Wildman–Crippen MR) is 46.6 cm³/mol. The first kappa shape index (κ1) is 11.7. The van der Waals surface area contributed by atoms with Gasteiger partial charge in [-0.15, -0.1) is 0 Å². The summed E-state index contributed by atoms with van der Waals surface area (Å²) in [6, 6.07) is 0.552. The Balaban J connectivity index is 2.66. The molecule has 3 N–H and O–H groups in total. The summed E-state index contributed by atoms with van der Waals surface area (Å²) in [4.78, 5) is 3.28. The molecule has 0 fully saturated rings. The second kappa shape index (κ2) is 4.43. The largest absolute Gasteiger partial charge is 0.362 e. The van der Waals surface area contributed by atoms with E-state index < -0.39 is 36.5 Å². The number of halogens is 4. The Morgan fingerprint density at radius 3 is 2.60 bits per heavy atom. The van der Waals surface area contributed by atoms with E-state index in [4.69, 9.17) is 5.73 Å². The number of hydrogen-bond acceptors (Lipinski definition) is 3. The average molecular weight is 223 g/mol. The first-order chi connectivity index (χ1) is 6.94. The van der Waals surface area contributed by atoms with E-state index in [1.165, 1.54) is 0 Å². The van der Waals surface area contributed by atoms with Crippen LogP contribution in [0.25, 0.3) is 0 Å². The fourth-order valence-corrected chi connectivity index (χ4v) is 0.830. The van der Waals surface area contributed by atoms with Crippen molar-refractivity contribution in [2.45, 2.75) is 5.92 Å². The summed E-state index contributed by atoms with van der Waals surface area (Å²) in [5.41, 5.74) is 4.77. The third-order valence-electron chi connectivity index (χ3n) is 1.62. The van der Waals surface area contributed by atoms with E-state index in [-0.39, 0.29) is 0 Å². The highest BCUT2D eigenvalue weighted by molar-refractivity contribution is 5.36. The van der Waals surface area contributed by atoms with Crippen LogP contribution in [0.1, 0.15) is 0 Å². The molecule has 0 saturated heterocycles. The molecular formula is C8H9F4N3. The molecule has 1 aromatic heterocycles. The zero-order valence-corrected chi connectivity index (χ0v) is 7.61. The minimum absolute atomic E-state index is 0.426. The molecule has 0 saturated carbocycles. The van der Waals surface area contributed by atoms with Gasteiger partial charge >= 0.3 is 0 Å². The second-order valence-corrected chi connectivity index (χ2v) is 2.90. The van der Waals surface area contributed by atoms with Crippen LogP contribution < -0.4 is 11.1 Å². The lowest BCUT2D eigenvalue weighted by Crippen LogP contribution is -2.35. The molecule has 0 amide bonds. The van der Waals surface area contributed by atoms with Gasteiger partial charge in [0.25, 0.3) is 5.92 Å². The molecule has 0 aliphatic heterocycles. The number of rotatable bonds is 4. The van der Waals surface area contributed by atoms with Crippen molar-refractivity contribution in [1.29, 1.82) is 0 Å². The molecule has 84 valence electrons. The Morgan fingerprint density at radius 2 is 2.07 bits per heavy atom. The SMILES string of the molecule is NCC(F)(F)CNc1ncc(F)cc1F. The summed E-state index contributed by atoms with van der Waals surface area (Å²) in [5.74, 6) is -5.47. The highest BCUT2D eigenvalue weighted by atomic mass is 19.3. The third kappa shape index (κ3) is 3.35. The summed E-state index contributed by atoms with van der Waals surface area (Å²) in [6.45, 7) is -1.71. The number of nitrogens with two attached hydrogens (primary N) is 1. The number of alkyl halides is 2. The van der Waals surface area contributed by atoms with Crippen molar-refractivity contribution in [3.05, 3.63) is 23.9 Å². The molecule has 0 spiro atoms. The van der Waals surface area contributed by atoms with Gasteiger partial charge in [-0.1, -0.05) is 0 Å². The maximum Gasteiger partial charge on any atom is 0.276 e. The molecule has 0 aliphatic rings. The lowest BCUT2D eigenvalue weighted by molar-refractivity contribution is 0.0252. The topological polar surface area (TPSA) is 50.9 Å². The van der Waals surface area contributed by atoms with Crippen molar-refractivity contribution < 1.29 is 17.6 Å². The van der Waals surface area contributed by atoms with Crippen molar-refractivity contribution in [3.63, 3.8) is 0 Å². The summed E-state index contributed by atoms with van der Waals surface area (Å²) in [6.07, 6.45) is 0.728. The molecule has 1 heterocycles. The van der Waals surface area contributed by atoms with Crippen LogP contribution in [-0.2, 0) is 0 Å². The Bertz CT molecular complexity index is 343. The molecule has 0 unspecified atom stereocenters. The minimum Gasteiger partial charge on any atom is -0.362 e. The molecule has 0 radical (unpaired) electrons. The lowest BCUT2D eigenvalue weighted by Gasteiger charge is -2.14. The summed E-state index contributed by atoms with van der Waals surface area (Å²) < 4.78 is 50.6. The van der Waals surface area contributed by atoms with Crippen LogP contribution in [0.5, 0.6) is 0 Å². The van der Waals surface area contributed by atoms with Gasteiger partial charge in [0.15, 0.2) is 11.6 Å². The normalized spacial score (nSPS) is 11.5. The van der Waals surface area contributed by atoms with Crippen molar-refractivity contribution in [2.24, 2.45) is 5.73 Å². The number of hydrogen-bond donors (Lipinski definition) is 2. The van der Waals surface area contributed by atoms with Crippen LogP contribution in [-0.4, -0.2) is 24.0 Å². The molecule has 1 rings (SSSR count). The highest BCUT2D eigenvalue weighted by Crippen LogP contribution is 2.15. The van der Waals surface area contributed by atoms with E-state index in [1.807, 2.05) is 5.32 Å². The van der Waals surface area contributed by atoms with Gasteiger partial charge in [-0.25, -0.2) is 22.5 Å². The van der Waals surface area contributed by atoms with Gasteiger partial charge in [0, 0.05) is 6.07 Å². The van der Waals surface area contributed by atoms with Gasteiger partial charge in [0.2, 0.25) is 0 Å². The lowest BCUT2D eigenvalue weighted by atomic mass is 10.3. The number of anilines is 1. The molecule has 1 aromatic rings. The Hall–Kier alpha value is -1.37. The molecule has 0 bridgehead atoms. The van der Waals surface area contributed by atoms with Crippen molar-refractivity contribution >= 4 is 5.82 Å². The van der Waals surface area contributed by atoms with Crippen LogP contribution in [0.3, 0.4) is 0 Å². The molecule has 15 heavy (non-hydrogen) atoms. The number of nitrogens with one attached hydrogen (secondary N) is 1. The smallest absolute Gasteiger partial charge is 0.276 e. The number of aromatic nitrogens is 1. The second-order valence-electron chi connectivity index (χ2n) is 2.90. The van der Waals surface area contributed by atoms with E-state index in [2.05, 4.69) is 4.98 Å². The van der Waals surface area contributed by atoms with Crippen molar-refractivity contribution in [1.82, 2.24) is 4.98 Å². The summed E-state index contributed by atoms with van der Waals surface area (Å²) in [7, 11) is 0. The molecule has 0 aliphatic carbocycles.